The lowest BCUT2D eigenvalue weighted by Crippen LogP contribution is -2.41. The van der Waals surface area contributed by atoms with E-state index in [4.69, 9.17) is 10.5 Å². The molecule has 2 N–H and O–H groups in total. The molecule has 1 heterocycles. The third-order valence-corrected chi connectivity index (χ3v) is 4.27. The Morgan fingerprint density at radius 2 is 1.56 bits per heavy atom. The molecule has 1 amide bonds. The molecular weight excluding hydrogens is 378 g/mol. The number of likely N-dealkylation sites (tertiary alicyclic amines) is 1. The van der Waals surface area contributed by atoms with Gasteiger partial charge in [0.25, 0.3) is 5.91 Å². The van der Waals surface area contributed by atoms with Crippen LogP contribution in [0.15, 0.2) is 18.2 Å². The van der Waals surface area contributed by atoms with Crippen LogP contribution in [-0.2, 0) is 17.1 Å². The second-order valence-electron chi connectivity index (χ2n) is 6.30. The summed E-state index contributed by atoms with van der Waals surface area (Å²) in [4.78, 5) is 13.7. The number of piperidine rings is 1. The molecule has 1 aliphatic rings. The first-order valence-corrected chi connectivity index (χ1v) is 8.43. The number of nitrogens with two attached hydrogens (primary N) is 1. The van der Waals surface area contributed by atoms with Crippen LogP contribution in [0.3, 0.4) is 0 Å². The molecule has 0 unspecified atom stereocenters. The summed E-state index contributed by atoms with van der Waals surface area (Å²) in [6.45, 7) is 1.35. The highest BCUT2D eigenvalue weighted by Crippen LogP contribution is 2.36. The molecule has 0 aromatic heterocycles. The number of halogens is 6. The maximum Gasteiger partial charge on any atom is 0.416 e. The molecule has 4 nitrogen and oxygen atoms in total. The van der Waals surface area contributed by atoms with Gasteiger partial charge in [-0.3, -0.25) is 4.79 Å². The van der Waals surface area contributed by atoms with E-state index in [9.17, 15) is 31.1 Å². The lowest BCUT2D eigenvalue weighted by atomic mass is 10.0. The number of hydrogen-bond donors (Lipinski definition) is 1. The zero-order valence-electron chi connectivity index (χ0n) is 14.4. The molecule has 1 aromatic carbocycles. The maximum atomic E-state index is 12.9. The van der Waals surface area contributed by atoms with Gasteiger partial charge in [-0.15, -0.1) is 0 Å². The van der Waals surface area contributed by atoms with Gasteiger partial charge >= 0.3 is 12.4 Å². The van der Waals surface area contributed by atoms with Crippen LogP contribution in [0, 0.1) is 0 Å². The molecule has 152 valence electrons. The van der Waals surface area contributed by atoms with Gasteiger partial charge in [-0.05, 0) is 44.0 Å². The summed E-state index contributed by atoms with van der Waals surface area (Å²) in [5.41, 5.74) is 1.74. The van der Waals surface area contributed by atoms with Crippen LogP contribution in [0.25, 0.3) is 0 Å². The highest BCUT2D eigenvalue weighted by molar-refractivity contribution is 5.94. The molecule has 1 saturated heterocycles. The number of carbonyl (C=O) groups excluding carboxylic acids is 1. The van der Waals surface area contributed by atoms with Gasteiger partial charge in [-0.1, -0.05) is 0 Å². The van der Waals surface area contributed by atoms with E-state index in [1.54, 1.807) is 0 Å². The summed E-state index contributed by atoms with van der Waals surface area (Å²) < 4.78 is 83.1. The molecule has 10 heteroatoms. The van der Waals surface area contributed by atoms with Gasteiger partial charge in [0.2, 0.25) is 0 Å². The van der Waals surface area contributed by atoms with Crippen molar-refractivity contribution in [1.82, 2.24) is 4.90 Å². The molecule has 0 atom stereocenters. The minimum absolute atomic E-state index is 0.00823. The summed E-state index contributed by atoms with van der Waals surface area (Å²) in [6, 6.07) is 0.928. The van der Waals surface area contributed by atoms with E-state index in [1.165, 1.54) is 4.90 Å². The maximum absolute atomic E-state index is 12.9. The van der Waals surface area contributed by atoms with Crippen LogP contribution in [0.4, 0.5) is 26.3 Å². The third-order valence-electron chi connectivity index (χ3n) is 4.27. The van der Waals surface area contributed by atoms with E-state index >= 15 is 0 Å². The first kappa shape index (κ1) is 21.5. The second kappa shape index (κ2) is 8.47. The highest BCUT2D eigenvalue weighted by atomic mass is 19.4. The first-order chi connectivity index (χ1) is 12.5. The van der Waals surface area contributed by atoms with Gasteiger partial charge in [-0.2, -0.15) is 26.3 Å². The van der Waals surface area contributed by atoms with E-state index in [0.29, 0.717) is 44.5 Å². The lowest BCUT2D eigenvalue weighted by Gasteiger charge is -2.32. The van der Waals surface area contributed by atoms with Crippen molar-refractivity contribution in [2.75, 3.05) is 26.2 Å². The van der Waals surface area contributed by atoms with Gasteiger partial charge < -0.3 is 15.4 Å². The number of ether oxygens (including phenoxy) is 1. The first-order valence-electron chi connectivity index (χ1n) is 8.43. The van der Waals surface area contributed by atoms with Crippen LogP contribution < -0.4 is 5.73 Å². The number of hydrogen-bond acceptors (Lipinski definition) is 3. The van der Waals surface area contributed by atoms with E-state index in [0.717, 1.165) is 0 Å². The highest BCUT2D eigenvalue weighted by Gasteiger charge is 2.38. The van der Waals surface area contributed by atoms with Gasteiger partial charge in [0, 0.05) is 25.3 Å². The summed E-state index contributed by atoms with van der Waals surface area (Å²) in [5.74, 6) is -0.855. The Bertz CT molecular complexity index is 620. The van der Waals surface area contributed by atoms with Crippen molar-refractivity contribution in [3.63, 3.8) is 0 Å². The van der Waals surface area contributed by atoms with Gasteiger partial charge in [-0.25, -0.2) is 0 Å². The molecule has 0 bridgehead atoms. The molecular formula is C17H20F6N2O2. The minimum Gasteiger partial charge on any atom is -0.378 e. The molecule has 0 saturated carbocycles. The quantitative estimate of drug-likeness (QED) is 0.608. The summed E-state index contributed by atoms with van der Waals surface area (Å²) in [6.07, 6.45) is -8.47. The van der Waals surface area contributed by atoms with Crippen molar-refractivity contribution in [3.8, 4) is 0 Å². The number of benzene rings is 1. The Kier molecular flexibility index (Phi) is 6.74. The SMILES string of the molecule is NCCCOC1CCN(C(=O)c2cc(C(F)(F)F)cc(C(F)(F)F)c2)CC1. The summed E-state index contributed by atoms with van der Waals surface area (Å²) in [5, 5.41) is 0. The van der Waals surface area contributed by atoms with Crippen molar-refractivity contribution >= 4 is 5.91 Å². The molecule has 0 radical (unpaired) electrons. The predicted octanol–water partition coefficient (Wildman–Crippen LogP) is 3.69. The minimum atomic E-state index is -4.99. The average molecular weight is 398 g/mol. The Morgan fingerprint density at radius 1 is 1.04 bits per heavy atom. The van der Waals surface area contributed by atoms with Crippen LogP contribution >= 0.6 is 0 Å². The van der Waals surface area contributed by atoms with Crippen molar-refractivity contribution in [2.24, 2.45) is 5.73 Å². The van der Waals surface area contributed by atoms with E-state index in [2.05, 4.69) is 0 Å². The average Bonchev–Trinajstić information content (AvgIpc) is 2.60. The number of rotatable bonds is 5. The van der Waals surface area contributed by atoms with Gasteiger partial charge in [0.05, 0.1) is 17.2 Å². The van der Waals surface area contributed by atoms with Gasteiger partial charge in [0.1, 0.15) is 0 Å². The van der Waals surface area contributed by atoms with E-state index < -0.39 is 35.0 Å². The largest absolute Gasteiger partial charge is 0.416 e. The lowest BCUT2D eigenvalue weighted by molar-refractivity contribution is -0.143. The molecule has 0 aliphatic carbocycles. The van der Waals surface area contributed by atoms with E-state index in [-0.39, 0.29) is 25.3 Å². The Labute approximate surface area is 152 Å². The van der Waals surface area contributed by atoms with Crippen molar-refractivity contribution in [2.45, 2.75) is 37.7 Å². The van der Waals surface area contributed by atoms with Crippen LogP contribution in [-0.4, -0.2) is 43.2 Å². The molecule has 2 rings (SSSR count). The smallest absolute Gasteiger partial charge is 0.378 e. The number of carbonyl (C=O) groups is 1. The molecule has 27 heavy (non-hydrogen) atoms. The monoisotopic (exact) mass is 398 g/mol. The fraction of sp³-hybridized carbons (Fsp3) is 0.588. The zero-order valence-corrected chi connectivity index (χ0v) is 14.4. The van der Waals surface area contributed by atoms with Crippen molar-refractivity contribution in [1.29, 1.82) is 0 Å². The summed E-state index contributed by atoms with van der Waals surface area (Å²) in [7, 11) is 0. The number of amides is 1. The molecule has 1 aromatic rings. The van der Waals surface area contributed by atoms with Crippen molar-refractivity contribution < 1.29 is 35.9 Å². The third kappa shape index (κ3) is 5.83. The van der Waals surface area contributed by atoms with Crippen LogP contribution in [0.5, 0.6) is 0 Å². The second-order valence-corrected chi connectivity index (χ2v) is 6.30. The topological polar surface area (TPSA) is 55.6 Å². The fourth-order valence-electron chi connectivity index (χ4n) is 2.82. The zero-order chi connectivity index (χ0) is 20.2. The molecule has 1 aliphatic heterocycles. The number of nitrogens with zero attached hydrogens (tertiary/aromatic N) is 1. The predicted molar refractivity (Wildman–Crippen MR) is 85.0 cm³/mol. The molecule has 0 spiro atoms. The Morgan fingerprint density at radius 3 is 2.00 bits per heavy atom. The van der Waals surface area contributed by atoms with Crippen LogP contribution in [0.1, 0.15) is 40.7 Å². The Hall–Kier alpha value is -1.81. The standard InChI is InChI=1S/C17H20F6N2O2/c18-16(19,20)12-8-11(9-13(10-12)17(21,22)23)15(26)25-5-2-14(3-6-25)27-7-1-4-24/h8-10,14H,1-7,24H2. The number of alkyl halides is 6. The van der Waals surface area contributed by atoms with E-state index in [1.807, 2.05) is 0 Å². The van der Waals surface area contributed by atoms with Crippen LogP contribution in [0.2, 0.25) is 0 Å². The summed E-state index contributed by atoms with van der Waals surface area (Å²) >= 11 is 0. The normalized spacial score (nSPS) is 16.6. The Balaban J connectivity index is 2.14. The van der Waals surface area contributed by atoms with Crippen molar-refractivity contribution in [3.05, 3.63) is 34.9 Å². The van der Waals surface area contributed by atoms with Gasteiger partial charge in [0.15, 0.2) is 0 Å². The molecule has 1 fully saturated rings. The fourth-order valence-corrected chi connectivity index (χ4v) is 2.82.